The van der Waals surface area contributed by atoms with E-state index < -0.39 is 34.9 Å². The van der Waals surface area contributed by atoms with Crippen molar-refractivity contribution in [3.8, 4) is 44.5 Å². The first kappa shape index (κ1) is 31.9. The molecule has 2 aliphatic heterocycles. The summed E-state index contributed by atoms with van der Waals surface area (Å²) in [5, 5.41) is 0. The van der Waals surface area contributed by atoms with E-state index >= 15 is 0 Å². The lowest BCUT2D eigenvalue weighted by Crippen LogP contribution is -3.00. The highest BCUT2D eigenvalue weighted by molar-refractivity contribution is 5.84. The van der Waals surface area contributed by atoms with Gasteiger partial charge >= 0.3 is 0 Å². The van der Waals surface area contributed by atoms with E-state index in [0.717, 1.165) is 68.8 Å². The van der Waals surface area contributed by atoms with Crippen molar-refractivity contribution in [1.82, 2.24) is 0 Å². The fourth-order valence-corrected chi connectivity index (χ4v) is 7.55. The molecule has 1 nitrogen and oxygen atoms in total. The largest absolute Gasteiger partial charge is 1.00 e. The van der Waals surface area contributed by atoms with E-state index in [1.54, 1.807) is 24.3 Å². The van der Waals surface area contributed by atoms with Crippen molar-refractivity contribution < 1.29 is 47.8 Å². The van der Waals surface area contributed by atoms with E-state index in [-0.39, 0.29) is 28.1 Å². The van der Waals surface area contributed by atoms with Gasteiger partial charge in [-0.3, -0.25) is 0 Å². The van der Waals surface area contributed by atoms with Crippen LogP contribution in [0.5, 0.6) is 0 Å². The molecule has 0 saturated heterocycles. The standard InChI is InChI=1S/C40H26F6N.BrH/c41-35-15-25(16-36(42)39(35)45)29-11-5-13-31-32-14-6-12-30(26-17-37(43)40(46)38(44)18-26)34(32)22-47(21-33(29)31)19-23-7-1-3-9-27(23)28-10-4-2-8-24(28)20-47;/h1-18H,19-22H2;1H/q+1;/p-1. The maximum absolute atomic E-state index is 14.6. The number of fused-ring (bicyclic) bond motifs is 6. The monoisotopic (exact) mass is 713 g/mol. The molecule has 0 saturated carbocycles. The van der Waals surface area contributed by atoms with Crippen molar-refractivity contribution in [1.29, 1.82) is 0 Å². The van der Waals surface area contributed by atoms with Crippen molar-refractivity contribution in [2.45, 2.75) is 26.2 Å². The molecule has 2 heterocycles. The molecule has 6 aromatic rings. The fourth-order valence-electron chi connectivity index (χ4n) is 7.55. The van der Waals surface area contributed by atoms with Crippen LogP contribution in [0.3, 0.4) is 0 Å². The molecule has 0 bridgehead atoms. The molecule has 8 heteroatoms. The van der Waals surface area contributed by atoms with Gasteiger partial charge < -0.3 is 21.5 Å². The van der Waals surface area contributed by atoms with Gasteiger partial charge in [-0.05, 0) is 68.8 Å². The predicted octanol–water partition coefficient (Wildman–Crippen LogP) is 7.74. The summed E-state index contributed by atoms with van der Waals surface area (Å²) in [5.74, 6) is -8.19. The second-order valence-corrected chi connectivity index (χ2v) is 12.5. The Morgan fingerprint density at radius 3 is 1.10 bits per heavy atom. The molecular weight excluding hydrogens is 688 g/mol. The SMILES string of the molecule is Fc1cc(-c2cccc3c2C[N+]2(Cc4ccccc4-c4ccccc4C2)Cc2c(-c4cc(F)c(F)c(F)c4)cccc2-3)cc(F)c1F.[Br-]. The zero-order valence-corrected chi connectivity index (χ0v) is 26.9. The molecule has 8 rings (SSSR count). The van der Waals surface area contributed by atoms with Crippen LogP contribution in [0.2, 0.25) is 0 Å². The molecule has 1 spiro atoms. The van der Waals surface area contributed by atoms with Crippen LogP contribution >= 0.6 is 0 Å². The number of halogens is 7. The van der Waals surface area contributed by atoms with Crippen LogP contribution in [-0.2, 0) is 26.2 Å². The highest BCUT2D eigenvalue weighted by atomic mass is 79.9. The average molecular weight is 715 g/mol. The van der Waals surface area contributed by atoms with E-state index in [1.807, 2.05) is 36.4 Å². The fraction of sp³-hybridized carbons (Fsp3) is 0.100. The Hall–Kier alpha value is -4.66. The number of hydrogen-bond donors (Lipinski definition) is 0. The summed E-state index contributed by atoms with van der Waals surface area (Å²) in [7, 11) is 0. The summed E-state index contributed by atoms with van der Waals surface area (Å²) in [5.41, 5.74) is 9.13. The maximum Gasteiger partial charge on any atom is 0.194 e. The van der Waals surface area contributed by atoms with Gasteiger partial charge in [0.05, 0.1) is 0 Å². The third kappa shape index (κ3) is 5.24. The zero-order chi connectivity index (χ0) is 32.4. The predicted molar refractivity (Wildman–Crippen MR) is 169 cm³/mol. The first-order chi connectivity index (χ1) is 22.7. The van der Waals surface area contributed by atoms with Gasteiger partial charge in [0, 0.05) is 22.3 Å². The lowest BCUT2D eigenvalue weighted by atomic mass is 9.88. The van der Waals surface area contributed by atoms with Gasteiger partial charge in [-0.15, -0.1) is 0 Å². The van der Waals surface area contributed by atoms with Crippen molar-refractivity contribution in [2.24, 2.45) is 0 Å². The quantitative estimate of drug-likeness (QED) is 0.0979. The van der Waals surface area contributed by atoms with Gasteiger partial charge in [0.2, 0.25) is 0 Å². The van der Waals surface area contributed by atoms with E-state index in [4.69, 9.17) is 0 Å². The number of rotatable bonds is 2. The molecule has 0 atom stereocenters. The molecular formula is C40H26BrF6N. The summed E-state index contributed by atoms with van der Waals surface area (Å²) in [6.07, 6.45) is 0. The maximum atomic E-state index is 14.6. The molecule has 0 unspecified atom stereocenters. The van der Waals surface area contributed by atoms with Crippen LogP contribution < -0.4 is 17.0 Å². The van der Waals surface area contributed by atoms with Crippen LogP contribution in [0.25, 0.3) is 44.5 Å². The van der Waals surface area contributed by atoms with Crippen molar-refractivity contribution in [3.63, 3.8) is 0 Å². The zero-order valence-electron chi connectivity index (χ0n) is 25.3. The molecule has 6 aromatic carbocycles. The van der Waals surface area contributed by atoms with E-state index in [9.17, 15) is 26.3 Å². The number of benzene rings is 6. The topological polar surface area (TPSA) is 0 Å². The van der Waals surface area contributed by atoms with Crippen molar-refractivity contribution >= 4 is 0 Å². The minimum atomic E-state index is -1.53. The molecule has 0 radical (unpaired) electrons. The minimum absolute atomic E-state index is 0. The van der Waals surface area contributed by atoms with Gasteiger partial charge in [-0.2, -0.15) is 0 Å². The van der Waals surface area contributed by atoms with Gasteiger partial charge in [0.15, 0.2) is 34.9 Å². The first-order valence-electron chi connectivity index (χ1n) is 15.3. The second-order valence-electron chi connectivity index (χ2n) is 12.5. The van der Waals surface area contributed by atoms with Gasteiger partial charge in [0.25, 0.3) is 0 Å². The summed E-state index contributed by atoms with van der Waals surface area (Å²) < 4.78 is 87.2. The third-order valence-corrected chi connectivity index (χ3v) is 9.56. The van der Waals surface area contributed by atoms with Crippen LogP contribution in [0.1, 0.15) is 22.3 Å². The Morgan fingerprint density at radius 1 is 0.375 bits per heavy atom. The van der Waals surface area contributed by atoms with E-state index in [0.29, 0.717) is 41.8 Å². The van der Waals surface area contributed by atoms with Gasteiger partial charge in [-0.1, -0.05) is 84.9 Å². The molecule has 0 N–H and O–H groups in total. The summed E-state index contributed by atoms with van der Waals surface area (Å²) in [6.45, 7) is 2.00. The van der Waals surface area contributed by atoms with E-state index in [2.05, 4.69) is 24.3 Å². The van der Waals surface area contributed by atoms with Crippen molar-refractivity contribution in [2.75, 3.05) is 0 Å². The number of hydrogen-bond acceptors (Lipinski definition) is 0. The molecule has 0 aromatic heterocycles. The van der Waals surface area contributed by atoms with Gasteiger partial charge in [-0.25, -0.2) is 26.3 Å². The highest BCUT2D eigenvalue weighted by Gasteiger charge is 2.39. The van der Waals surface area contributed by atoms with Crippen LogP contribution in [-0.4, -0.2) is 4.48 Å². The first-order valence-corrected chi connectivity index (χ1v) is 15.3. The summed E-state index contributed by atoms with van der Waals surface area (Å²) in [4.78, 5) is 0. The van der Waals surface area contributed by atoms with Crippen LogP contribution in [0.15, 0.2) is 109 Å². The lowest BCUT2D eigenvalue weighted by molar-refractivity contribution is -0.977. The molecule has 0 amide bonds. The van der Waals surface area contributed by atoms with Crippen LogP contribution in [0.4, 0.5) is 26.3 Å². The number of quaternary nitrogens is 1. The molecule has 240 valence electrons. The lowest BCUT2D eigenvalue weighted by Gasteiger charge is -2.38. The number of nitrogens with zero attached hydrogens (tertiary/aromatic N) is 1. The summed E-state index contributed by atoms with van der Waals surface area (Å²) >= 11 is 0. The Morgan fingerprint density at radius 2 is 0.708 bits per heavy atom. The Kier molecular flexibility index (Phi) is 8.04. The minimum Gasteiger partial charge on any atom is -1.00 e. The van der Waals surface area contributed by atoms with Crippen molar-refractivity contribution in [3.05, 3.63) is 166 Å². The Balaban J connectivity index is 0.00000364. The Bertz CT molecular complexity index is 2040. The smallest absolute Gasteiger partial charge is 0.194 e. The summed E-state index contributed by atoms with van der Waals surface area (Å²) in [6, 6.07) is 31.4. The Labute approximate surface area is 284 Å². The average Bonchev–Trinajstić information content (AvgIpc) is 3.29. The molecule has 0 fully saturated rings. The molecule has 48 heavy (non-hydrogen) atoms. The van der Waals surface area contributed by atoms with Gasteiger partial charge in [0.1, 0.15) is 26.2 Å². The molecule has 0 aliphatic carbocycles. The third-order valence-electron chi connectivity index (χ3n) is 9.56. The second kappa shape index (κ2) is 12.1. The normalized spacial score (nSPS) is 14.1. The van der Waals surface area contributed by atoms with E-state index in [1.165, 1.54) is 0 Å². The highest BCUT2D eigenvalue weighted by Crippen LogP contribution is 2.47. The molecule has 2 aliphatic rings. The van der Waals surface area contributed by atoms with Crippen LogP contribution in [0, 0.1) is 34.9 Å².